The predicted molar refractivity (Wildman–Crippen MR) is 52.2 cm³/mol. The lowest BCUT2D eigenvalue weighted by atomic mass is 10.2. The van der Waals surface area contributed by atoms with Crippen molar-refractivity contribution in [2.75, 3.05) is 7.11 Å². The first-order valence-electron chi connectivity index (χ1n) is 4.24. The number of H-pyrrole nitrogens is 1. The van der Waals surface area contributed by atoms with Gasteiger partial charge in [-0.15, -0.1) is 0 Å². The third kappa shape index (κ3) is 1.25. The number of esters is 1. The molecule has 2 aromatic heterocycles. The topological polar surface area (TPSA) is 55.0 Å². The van der Waals surface area contributed by atoms with Crippen LogP contribution in [0.4, 0.5) is 0 Å². The summed E-state index contributed by atoms with van der Waals surface area (Å²) < 4.78 is 4.66. The second-order valence-electron chi connectivity index (χ2n) is 3.07. The molecule has 72 valence electrons. The number of pyridine rings is 1. The van der Waals surface area contributed by atoms with Crippen LogP contribution in [0.5, 0.6) is 0 Å². The number of methoxy groups -OCH3 is 1. The van der Waals surface area contributed by atoms with Crippen LogP contribution in [0, 0.1) is 6.92 Å². The molecular weight excluding hydrogens is 180 g/mol. The van der Waals surface area contributed by atoms with Crippen LogP contribution in [0.15, 0.2) is 18.5 Å². The third-order valence-electron chi connectivity index (χ3n) is 2.11. The highest BCUT2D eigenvalue weighted by molar-refractivity contribution is 6.03. The molecule has 0 aliphatic rings. The highest BCUT2D eigenvalue weighted by Crippen LogP contribution is 2.18. The van der Waals surface area contributed by atoms with E-state index in [1.165, 1.54) is 7.11 Å². The molecule has 0 aliphatic carbocycles. The Kier molecular flexibility index (Phi) is 1.96. The summed E-state index contributed by atoms with van der Waals surface area (Å²) in [5, 5.41) is 0.851. The lowest BCUT2D eigenvalue weighted by molar-refractivity contribution is 0.0603. The summed E-state index contributed by atoms with van der Waals surface area (Å²) in [5.74, 6) is -0.332. The summed E-state index contributed by atoms with van der Waals surface area (Å²) in [6, 6.07) is 1.86. The number of hydrogen-bond donors (Lipinski definition) is 1. The van der Waals surface area contributed by atoms with Crippen molar-refractivity contribution in [2.45, 2.75) is 6.92 Å². The first kappa shape index (κ1) is 8.74. The molecule has 0 aromatic carbocycles. The summed E-state index contributed by atoms with van der Waals surface area (Å²) in [5.41, 5.74) is 2.27. The molecule has 2 rings (SSSR count). The van der Waals surface area contributed by atoms with Gasteiger partial charge in [0, 0.05) is 17.3 Å². The zero-order valence-electron chi connectivity index (χ0n) is 8.00. The van der Waals surface area contributed by atoms with Gasteiger partial charge < -0.3 is 9.72 Å². The Morgan fingerprint density at radius 1 is 1.57 bits per heavy atom. The predicted octanol–water partition coefficient (Wildman–Crippen LogP) is 1.66. The summed E-state index contributed by atoms with van der Waals surface area (Å²) in [7, 11) is 1.37. The van der Waals surface area contributed by atoms with E-state index in [-0.39, 0.29) is 5.97 Å². The number of aryl methyl sites for hydroxylation is 1. The highest BCUT2D eigenvalue weighted by Gasteiger charge is 2.11. The lowest BCUT2D eigenvalue weighted by Gasteiger charge is -1.96. The first-order valence-corrected chi connectivity index (χ1v) is 4.24. The Labute approximate surface area is 80.9 Å². The molecule has 4 nitrogen and oxygen atoms in total. The number of carbonyl (C=O) groups excluding carboxylic acids is 1. The molecule has 0 aliphatic heterocycles. The smallest absolute Gasteiger partial charge is 0.340 e. The Morgan fingerprint density at radius 3 is 3.07 bits per heavy atom. The van der Waals surface area contributed by atoms with E-state index in [2.05, 4.69) is 14.7 Å². The summed E-state index contributed by atoms with van der Waals surface area (Å²) in [6.07, 6.45) is 3.34. The first-order chi connectivity index (χ1) is 6.72. The van der Waals surface area contributed by atoms with Gasteiger partial charge in [0.2, 0.25) is 0 Å². The van der Waals surface area contributed by atoms with Crippen molar-refractivity contribution in [2.24, 2.45) is 0 Å². The quantitative estimate of drug-likeness (QED) is 0.696. The molecule has 0 bridgehead atoms. The maximum atomic E-state index is 11.3. The average molecular weight is 190 g/mol. The molecule has 2 aromatic rings. The molecular formula is C10H10N2O2. The molecule has 0 fully saturated rings. The standard InChI is InChI=1S/C10H10N2O2/c1-6-3-7-8(10(13)14-2)4-12-9(7)5-11-6/h3-5,12H,1-2H3. The second-order valence-corrected chi connectivity index (χ2v) is 3.07. The maximum Gasteiger partial charge on any atom is 0.340 e. The number of carbonyl (C=O) groups is 1. The van der Waals surface area contributed by atoms with Gasteiger partial charge in [0.25, 0.3) is 0 Å². The van der Waals surface area contributed by atoms with Gasteiger partial charge >= 0.3 is 5.97 Å². The Morgan fingerprint density at radius 2 is 2.36 bits per heavy atom. The fourth-order valence-electron chi connectivity index (χ4n) is 1.40. The van der Waals surface area contributed by atoms with Gasteiger partial charge in [0.15, 0.2) is 0 Å². The summed E-state index contributed by atoms with van der Waals surface area (Å²) in [4.78, 5) is 18.4. The molecule has 0 spiro atoms. The lowest BCUT2D eigenvalue weighted by Crippen LogP contribution is -1.99. The van der Waals surface area contributed by atoms with Crippen molar-refractivity contribution in [3.8, 4) is 0 Å². The van der Waals surface area contributed by atoms with Gasteiger partial charge in [0.1, 0.15) is 0 Å². The summed E-state index contributed by atoms with van der Waals surface area (Å²) in [6.45, 7) is 1.88. The van der Waals surface area contributed by atoms with Crippen molar-refractivity contribution in [3.63, 3.8) is 0 Å². The molecule has 0 saturated carbocycles. The van der Waals surface area contributed by atoms with E-state index < -0.39 is 0 Å². The molecule has 4 heteroatoms. The molecule has 0 atom stereocenters. The normalized spacial score (nSPS) is 10.4. The van der Waals surface area contributed by atoms with Crippen LogP contribution in [-0.2, 0) is 4.74 Å². The number of hydrogen-bond acceptors (Lipinski definition) is 3. The summed E-state index contributed by atoms with van der Waals surface area (Å²) >= 11 is 0. The van der Waals surface area contributed by atoms with Crippen LogP contribution < -0.4 is 0 Å². The van der Waals surface area contributed by atoms with Gasteiger partial charge in [-0.3, -0.25) is 4.98 Å². The second kappa shape index (κ2) is 3.14. The SMILES string of the molecule is COC(=O)c1c[nH]c2cnc(C)cc12. The van der Waals surface area contributed by atoms with Crippen LogP contribution in [-0.4, -0.2) is 23.0 Å². The zero-order chi connectivity index (χ0) is 10.1. The van der Waals surface area contributed by atoms with Gasteiger partial charge in [-0.05, 0) is 13.0 Å². The van der Waals surface area contributed by atoms with Crippen LogP contribution >= 0.6 is 0 Å². The van der Waals surface area contributed by atoms with E-state index in [0.29, 0.717) is 5.56 Å². The maximum absolute atomic E-state index is 11.3. The fourth-order valence-corrected chi connectivity index (χ4v) is 1.40. The van der Waals surface area contributed by atoms with Crippen LogP contribution in [0.2, 0.25) is 0 Å². The van der Waals surface area contributed by atoms with Crippen LogP contribution in [0.1, 0.15) is 16.1 Å². The van der Waals surface area contributed by atoms with Crippen molar-refractivity contribution in [1.82, 2.24) is 9.97 Å². The number of aromatic amines is 1. The fraction of sp³-hybridized carbons (Fsp3) is 0.200. The zero-order valence-corrected chi connectivity index (χ0v) is 8.00. The minimum atomic E-state index is -0.332. The van der Waals surface area contributed by atoms with E-state index >= 15 is 0 Å². The molecule has 0 unspecified atom stereocenters. The molecule has 2 heterocycles. The number of fused-ring (bicyclic) bond motifs is 1. The minimum Gasteiger partial charge on any atom is -0.465 e. The number of nitrogens with one attached hydrogen (secondary N) is 1. The molecule has 0 amide bonds. The van der Waals surface area contributed by atoms with Crippen molar-refractivity contribution < 1.29 is 9.53 Å². The molecule has 0 radical (unpaired) electrons. The van der Waals surface area contributed by atoms with Crippen LogP contribution in [0.3, 0.4) is 0 Å². The van der Waals surface area contributed by atoms with E-state index in [1.807, 2.05) is 13.0 Å². The number of rotatable bonds is 1. The Hall–Kier alpha value is -1.84. The van der Waals surface area contributed by atoms with Gasteiger partial charge in [0.05, 0.1) is 24.4 Å². The van der Waals surface area contributed by atoms with E-state index in [0.717, 1.165) is 16.6 Å². The van der Waals surface area contributed by atoms with Gasteiger partial charge in [-0.2, -0.15) is 0 Å². The number of ether oxygens (including phenoxy) is 1. The monoisotopic (exact) mass is 190 g/mol. The third-order valence-corrected chi connectivity index (χ3v) is 2.11. The Balaban J connectivity index is 2.67. The molecule has 0 saturated heterocycles. The van der Waals surface area contributed by atoms with Gasteiger partial charge in [-0.1, -0.05) is 0 Å². The molecule has 1 N–H and O–H groups in total. The van der Waals surface area contributed by atoms with E-state index in [1.54, 1.807) is 12.4 Å². The van der Waals surface area contributed by atoms with Crippen molar-refractivity contribution in [3.05, 3.63) is 29.7 Å². The van der Waals surface area contributed by atoms with Crippen LogP contribution in [0.25, 0.3) is 10.9 Å². The molecule has 14 heavy (non-hydrogen) atoms. The highest BCUT2D eigenvalue weighted by atomic mass is 16.5. The average Bonchev–Trinajstić information content (AvgIpc) is 2.59. The van der Waals surface area contributed by atoms with Crippen molar-refractivity contribution >= 4 is 16.9 Å². The van der Waals surface area contributed by atoms with Gasteiger partial charge in [-0.25, -0.2) is 4.79 Å². The van der Waals surface area contributed by atoms with E-state index in [4.69, 9.17) is 0 Å². The number of aromatic nitrogens is 2. The van der Waals surface area contributed by atoms with E-state index in [9.17, 15) is 4.79 Å². The minimum absolute atomic E-state index is 0.332. The largest absolute Gasteiger partial charge is 0.465 e. The Bertz CT molecular complexity index is 488. The van der Waals surface area contributed by atoms with Crippen molar-refractivity contribution in [1.29, 1.82) is 0 Å². The number of nitrogens with zero attached hydrogens (tertiary/aromatic N) is 1.